The van der Waals surface area contributed by atoms with E-state index in [1.54, 1.807) is 6.07 Å². The van der Waals surface area contributed by atoms with Crippen molar-refractivity contribution in [1.82, 2.24) is 10.2 Å². The van der Waals surface area contributed by atoms with Gasteiger partial charge in [0, 0.05) is 18.5 Å². The number of Topliss-reactive ketones (excluding diaryl/α,β-unsaturated/α-hetero) is 1. The number of fused-ring (bicyclic) bond motifs is 1. The van der Waals surface area contributed by atoms with Gasteiger partial charge in [-0.05, 0) is 18.6 Å². The highest BCUT2D eigenvalue weighted by molar-refractivity contribution is 5.99. The largest absolute Gasteiger partial charge is 0.453 e. The van der Waals surface area contributed by atoms with Crippen molar-refractivity contribution in [3.63, 3.8) is 0 Å². The summed E-state index contributed by atoms with van der Waals surface area (Å²) in [4.78, 5) is 26.1. The van der Waals surface area contributed by atoms with Crippen LogP contribution in [0.2, 0.25) is 0 Å². The fourth-order valence-electron chi connectivity index (χ4n) is 2.78. The van der Waals surface area contributed by atoms with Crippen LogP contribution < -0.4 is 5.32 Å². The fraction of sp³-hybridized carbons (Fsp3) is 0.375. The number of piperazine rings is 1. The number of nitrogens with zero attached hydrogens (tertiary/aromatic N) is 1. The first kappa shape index (κ1) is 13.8. The summed E-state index contributed by atoms with van der Waals surface area (Å²) in [7, 11) is 0. The lowest BCUT2D eigenvalue weighted by molar-refractivity contribution is -0.128. The molecule has 1 atom stereocenters. The molecule has 1 fully saturated rings. The number of rotatable bonds is 4. The number of hydrogen-bond donors (Lipinski definition) is 1. The van der Waals surface area contributed by atoms with Crippen molar-refractivity contribution in [2.45, 2.75) is 19.4 Å². The molecule has 1 aliphatic heterocycles. The van der Waals surface area contributed by atoms with Crippen LogP contribution in [0.5, 0.6) is 0 Å². The van der Waals surface area contributed by atoms with Crippen LogP contribution in [0, 0.1) is 0 Å². The van der Waals surface area contributed by atoms with E-state index < -0.39 is 0 Å². The number of carbonyl (C=O) groups excluding carboxylic acids is 2. The Morgan fingerprint density at radius 2 is 2.24 bits per heavy atom. The number of carbonyl (C=O) groups is 2. The van der Waals surface area contributed by atoms with Crippen LogP contribution in [0.1, 0.15) is 23.9 Å². The molecule has 5 nitrogen and oxygen atoms in total. The Hall–Kier alpha value is -2.14. The molecular weight excluding hydrogens is 268 g/mol. The maximum atomic E-state index is 12.4. The molecule has 1 aromatic heterocycles. The zero-order valence-electron chi connectivity index (χ0n) is 12.0. The molecule has 0 aliphatic carbocycles. The third kappa shape index (κ3) is 2.69. The predicted molar refractivity (Wildman–Crippen MR) is 79.2 cm³/mol. The normalized spacial score (nSPS) is 19.7. The molecule has 1 saturated heterocycles. The van der Waals surface area contributed by atoms with Gasteiger partial charge in [-0.25, -0.2) is 0 Å². The first-order valence-electron chi connectivity index (χ1n) is 7.22. The monoisotopic (exact) mass is 286 g/mol. The summed E-state index contributed by atoms with van der Waals surface area (Å²) in [6.45, 7) is 3.44. The van der Waals surface area contributed by atoms with Crippen LogP contribution in [0.3, 0.4) is 0 Å². The molecule has 1 N–H and O–H groups in total. The van der Waals surface area contributed by atoms with E-state index in [1.807, 2.05) is 36.1 Å². The summed E-state index contributed by atoms with van der Waals surface area (Å²) >= 11 is 0. The van der Waals surface area contributed by atoms with Crippen LogP contribution >= 0.6 is 0 Å². The lowest BCUT2D eigenvalue weighted by atomic mass is 10.1. The molecule has 2 heterocycles. The van der Waals surface area contributed by atoms with Crippen molar-refractivity contribution in [3.8, 4) is 0 Å². The van der Waals surface area contributed by atoms with E-state index in [0.29, 0.717) is 30.9 Å². The standard InChI is InChI=1S/C16H18N2O3/c1-2-12-16(20)17-7-8-18(12)10-13(19)15-9-11-5-3-4-6-14(11)21-15/h3-6,9,12H,2,7-8,10H2,1H3,(H,17,20). The Balaban J connectivity index is 1.77. The topological polar surface area (TPSA) is 62.6 Å². The second-order valence-electron chi connectivity index (χ2n) is 5.26. The number of furan rings is 1. The first-order chi connectivity index (χ1) is 10.2. The van der Waals surface area contributed by atoms with Gasteiger partial charge in [-0.1, -0.05) is 25.1 Å². The van der Waals surface area contributed by atoms with Gasteiger partial charge in [-0.15, -0.1) is 0 Å². The van der Waals surface area contributed by atoms with Crippen LogP contribution in [0.15, 0.2) is 34.7 Å². The molecule has 1 unspecified atom stereocenters. The summed E-state index contributed by atoms with van der Waals surface area (Å²) in [5.41, 5.74) is 0.712. The average Bonchev–Trinajstić information content (AvgIpc) is 2.91. The zero-order valence-corrected chi connectivity index (χ0v) is 12.0. The van der Waals surface area contributed by atoms with Crippen molar-refractivity contribution >= 4 is 22.7 Å². The number of nitrogens with one attached hydrogen (secondary N) is 1. The van der Waals surface area contributed by atoms with E-state index in [2.05, 4.69) is 5.32 Å². The third-order valence-corrected chi connectivity index (χ3v) is 3.88. The fourth-order valence-corrected chi connectivity index (χ4v) is 2.78. The summed E-state index contributed by atoms with van der Waals surface area (Å²) < 4.78 is 5.59. The Labute approximate surface area is 122 Å². The molecule has 0 spiro atoms. The number of benzene rings is 1. The van der Waals surface area contributed by atoms with Gasteiger partial charge < -0.3 is 9.73 Å². The summed E-state index contributed by atoms with van der Waals surface area (Å²) in [6, 6.07) is 9.08. The summed E-state index contributed by atoms with van der Waals surface area (Å²) in [5.74, 6) is 0.276. The van der Waals surface area contributed by atoms with Gasteiger partial charge >= 0.3 is 0 Å². The Kier molecular flexibility index (Phi) is 3.75. The zero-order chi connectivity index (χ0) is 14.8. The number of para-hydroxylation sites is 1. The van der Waals surface area contributed by atoms with Crippen LogP contribution in [-0.2, 0) is 4.79 Å². The number of hydrogen-bond acceptors (Lipinski definition) is 4. The molecule has 1 aromatic carbocycles. The molecule has 1 aliphatic rings. The molecular formula is C16H18N2O3. The molecule has 0 saturated carbocycles. The molecule has 21 heavy (non-hydrogen) atoms. The van der Waals surface area contributed by atoms with Crippen LogP contribution in [-0.4, -0.2) is 42.3 Å². The highest BCUT2D eigenvalue weighted by atomic mass is 16.3. The van der Waals surface area contributed by atoms with Crippen LogP contribution in [0.25, 0.3) is 11.0 Å². The Morgan fingerprint density at radius 3 is 3.00 bits per heavy atom. The van der Waals surface area contributed by atoms with E-state index in [1.165, 1.54) is 0 Å². The number of amides is 1. The van der Waals surface area contributed by atoms with Crippen molar-refractivity contribution < 1.29 is 14.0 Å². The van der Waals surface area contributed by atoms with Gasteiger partial charge in [-0.3, -0.25) is 14.5 Å². The Morgan fingerprint density at radius 1 is 1.43 bits per heavy atom. The summed E-state index contributed by atoms with van der Waals surface area (Å²) in [5, 5.41) is 3.75. The van der Waals surface area contributed by atoms with Gasteiger partial charge in [-0.2, -0.15) is 0 Å². The van der Waals surface area contributed by atoms with Crippen molar-refractivity contribution in [2.75, 3.05) is 19.6 Å². The quantitative estimate of drug-likeness (QED) is 0.871. The van der Waals surface area contributed by atoms with Gasteiger partial charge in [0.15, 0.2) is 5.76 Å². The minimum Gasteiger partial charge on any atom is -0.453 e. The van der Waals surface area contributed by atoms with E-state index in [-0.39, 0.29) is 24.3 Å². The summed E-state index contributed by atoms with van der Waals surface area (Å²) in [6.07, 6.45) is 0.694. The molecule has 2 aromatic rings. The van der Waals surface area contributed by atoms with Crippen LogP contribution in [0.4, 0.5) is 0 Å². The van der Waals surface area contributed by atoms with Crippen molar-refractivity contribution in [1.29, 1.82) is 0 Å². The second-order valence-corrected chi connectivity index (χ2v) is 5.26. The predicted octanol–water partition coefficient (Wildman–Crippen LogP) is 1.83. The number of ketones is 1. The van der Waals surface area contributed by atoms with E-state index in [0.717, 1.165) is 5.39 Å². The first-order valence-corrected chi connectivity index (χ1v) is 7.22. The van der Waals surface area contributed by atoms with Gasteiger partial charge in [0.05, 0.1) is 12.6 Å². The smallest absolute Gasteiger partial charge is 0.237 e. The molecule has 0 radical (unpaired) electrons. The van der Waals surface area contributed by atoms with Crippen molar-refractivity contribution in [2.24, 2.45) is 0 Å². The maximum Gasteiger partial charge on any atom is 0.237 e. The molecule has 5 heteroatoms. The molecule has 3 rings (SSSR count). The average molecular weight is 286 g/mol. The van der Waals surface area contributed by atoms with Gasteiger partial charge in [0.25, 0.3) is 0 Å². The molecule has 110 valence electrons. The van der Waals surface area contributed by atoms with E-state index >= 15 is 0 Å². The molecule has 1 amide bonds. The highest BCUT2D eigenvalue weighted by Gasteiger charge is 2.30. The highest BCUT2D eigenvalue weighted by Crippen LogP contribution is 2.20. The van der Waals surface area contributed by atoms with E-state index in [4.69, 9.17) is 4.42 Å². The van der Waals surface area contributed by atoms with Gasteiger partial charge in [0.2, 0.25) is 11.7 Å². The minimum atomic E-state index is -0.230. The maximum absolute atomic E-state index is 12.4. The molecule has 0 bridgehead atoms. The minimum absolute atomic E-state index is 0.00107. The Bertz CT molecular complexity index is 644. The van der Waals surface area contributed by atoms with Gasteiger partial charge in [0.1, 0.15) is 5.58 Å². The van der Waals surface area contributed by atoms with E-state index in [9.17, 15) is 9.59 Å². The lowest BCUT2D eigenvalue weighted by Crippen LogP contribution is -2.56. The second kappa shape index (κ2) is 5.69. The lowest BCUT2D eigenvalue weighted by Gasteiger charge is -2.33. The SMILES string of the molecule is CCC1C(=O)NCCN1CC(=O)c1cc2ccccc2o1. The third-order valence-electron chi connectivity index (χ3n) is 3.88. The van der Waals surface area contributed by atoms with Crippen molar-refractivity contribution in [3.05, 3.63) is 36.1 Å².